The molecule has 6 nitrogen and oxygen atoms in total. The largest absolute Gasteiger partial charge is 0.488 e. The number of hydrogen-bond donors (Lipinski definition) is 2. The van der Waals surface area contributed by atoms with Crippen LogP contribution in [0, 0.1) is 0 Å². The Kier molecular flexibility index (Phi) is 5.66. The number of benzene rings is 2. The highest BCUT2D eigenvalue weighted by Crippen LogP contribution is 2.25. The Hall–Kier alpha value is -3.12. The number of nitrogens with one attached hydrogen (secondary N) is 2. The fourth-order valence-electron chi connectivity index (χ4n) is 2.63. The summed E-state index contributed by atoms with van der Waals surface area (Å²) in [5.74, 6) is 0.383. The van der Waals surface area contributed by atoms with Crippen LogP contribution in [0.25, 0.3) is 6.08 Å². The first-order valence-corrected chi connectivity index (χ1v) is 8.24. The molecule has 1 aliphatic rings. The molecule has 26 heavy (non-hydrogen) atoms. The molecule has 0 bridgehead atoms. The lowest BCUT2D eigenvalue weighted by Crippen LogP contribution is -2.28. The van der Waals surface area contributed by atoms with Gasteiger partial charge in [-0.3, -0.25) is 9.59 Å². The summed E-state index contributed by atoms with van der Waals surface area (Å²) in [5.41, 5.74) is 3.01. The Morgan fingerprint density at radius 3 is 2.85 bits per heavy atom. The van der Waals surface area contributed by atoms with Crippen LogP contribution in [0.15, 0.2) is 54.1 Å². The van der Waals surface area contributed by atoms with Crippen molar-refractivity contribution >= 4 is 23.6 Å². The van der Waals surface area contributed by atoms with Crippen LogP contribution >= 0.6 is 0 Å². The molecule has 2 aromatic carbocycles. The van der Waals surface area contributed by atoms with Gasteiger partial charge in [-0.25, -0.2) is 0 Å². The Balaban J connectivity index is 1.60. The molecule has 0 spiro atoms. The molecule has 0 fully saturated rings. The van der Waals surface area contributed by atoms with Crippen molar-refractivity contribution in [3.05, 3.63) is 65.2 Å². The topological polar surface area (TPSA) is 76.7 Å². The van der Waals surface area contributed by atoms with Crippen molar-refractivity contribution < 1.29 is 19.1 Å². The summed E-state index contributed by atoms with van der Waals surface area (Å²) < 4.78 is 10.4. The smallest absolute Gasteiger partial charge is 0.250 e. The van der Waals surface area contributed by atoms with Crippen LogP contribution in [-0.4, -0.2) is 32.1 Å². The summed E-state index contributed by atoms with van der Waals surface area (Å²) in [6, 6.07) is 14.9. The molecule has 2 N–H and O–H groups in total. The van der Waals surface area contributed by atoms with Crippen molar-refractivity contribution in [2.45, 2.75) is 6.54 Å². The highest BCUT2D eigenvalue weighted by atomic mass is 16.5. The second-order valence-corrected chi connectivity index (χ2v) is 5.86. The molecular formula is C20H20N2O4. The van der Waals surface area contributed by atoms with E-state index in [9.17, 15) is 9.59 Å². The second-order valence-electron chi connectivity index (χ2n) is 5.86. The molecule has 0 radical (unpaired) electrons. The normalized spacial score (nSPS) is 12.4. The number of ether oxygens (including phenoxy) is 2. The molecule has 0 aliphatic carbocycles. The lowest BCUT2D eigenvalue weighted by atomic mass is 10.1. The van der Waals surface area contributed by atoms with Gasteiger partial charge in [-0.2, -0.15) is 0 Å². The molecule has 2 aromatic rings. The quantitative estimate of drug-likeness (QED) is 0.837. The lowest BCUT2D eigenvalue weighted by molar-refractivity contribution is -0.120. The van der Waals surface area contributed by atoms with Crippen LogP contribution in [0.3, 0.4) is 0 Å². The van der Waals surface area contributed by atoms with Gasteiger partial charge in [-0.15, -0.1) is 0 Å². The van der Waals surface area contributed by atoms with Gasteiger partial charge in [0.05, 0.1) is 5.57 Å². The van der Waals surface area contributed by atoms with Gasteiger partial charge in [0.15, 0.2) is 0 Å². The number of amides is 2. The molecule has 1 aliphatic heterocycles. The average molecular weight is 352 g/mol. The van der Waals surface area contributed by atoms with Crippen LogP contribution in [0.1, 0.15) is 11.1 Å². The van der Waals surface area contributed by atoms with Crippen LogP contribution < -0.4 is 15.4 Å². The zero-order chi connectivity index (χ0) is 18.4. The van der Waals surface area contributed by atoms with E-state index in [1.54, 1.807) is 6.07 Å². The summed E-state index contributed by atoms with van der Waals surface area (Å²) in [6.07, 6.45) is 1.84. The van der Waals surface area contributed by atoms with Crippen molar-refractivity contribution in [1.29, 1.82) is 0 Å². The van der Waals surface area contributed by atoms with Crippen molar-refractivity contribution in [2.24, 2.45) is 0 Å². The molecular weight excluding hydrogens is 332 g/mol. The van der Waals surface area contributed by atoms with Gasteiger partial charge in [-0.1, -0.05) is 30.3 Å². The van der Waals surface area contributed by atoms with E-state index in [4.69, 9.17) is 9.47 Å². The third kappa shape index (κ3) is 4.49. The third-order valence-corrected chi connectivity index (χ3v) is 3.86. The zero-order valence-corrected chi connectivity index (χ0v) is 14.5. The first-order chi connectivity index (χ1) is 12.7. The number of rotatable bonds is 6. The van der Waals surface area contributed by atoms with E-state index in [1.807, 2.05) is 48.5 Å². The van der Waals surface area contributed by atoms with Gasteiger partial charge >= 0.3 is 0 Å². The molecule has 3 rings (SSSR count). The predicted octanol–water partition coefficient (Wildman–Crippen LogP) is 2.36. The molecule has 0 saturated heterocycles. The number of anilines is 1. The average Bonchev–Trinajstić information content (AvgIpc) is 2.66. The number of hydrogen-bond acceptors (Lipinski definition) is 4. The van der Waals surface area contributed by atoms with E-state index in [0.29, 0.717) is 17.8 Å². The Morgan fingerprint density at radius 2 is 2.00 bits per heavy atom. The Labute approximate surface area is 151 Å². The Bertz CT molecular complexity index is 845. The van der Waals surface area contributed by atoms with Gasteiger partial charge < -0.3 is 20.1 Å². The third-order valence-electron chi connectivity index (χ3n) is 3.86. The van der Waals surface area contributed by atoms with Gasteiger partial charge in [0.2, 0.25) is 5.91 Å². The molecule has 134 valence electrons. The fourth-order valence-corrected chi connectivity index (χ4v) is 2.63. The highest BCUT2D eigenvalue weighted by molar-refractivity contribution is 5.99. The molecule has 0 atom stereocenters. The minimum atomic E-state index is -0.225. The second kappa shape index (κ2) is 8.31. The summed E-state index contributed by atoms with van der Waals surface area (Å²) in [7, 11) is 1.47. The number of fused-ring (bicyclic) bond motifs is 1. The molecule has 6 heteroatoms. The van der Waals surface area contributed by atoms with E-state index in [-0.39, 0.29) is 25.0 Å². The number of para-hydroxylation sites is 1. The van der Waals surface area contributed by atoms with Crippen LogP contribution in [0.4, 0.5) is 5.69 Å². The van der Waals surface area contributed by atoms with Gasteiger partial charge in [0, 0.05) is 24.9 Å². The van der Waals surface area contributed by atoms with E-state index in [2.05, 4.69) is 10.6 Å². The van der Waals surface area contributed by atoms with Crippen molar-refractivity contribution in [3.63, 3.8) is 0 Å². The maximum Gasteiger partial charge on any atom is 0.250 e. The van der Waals surface area contributed by atoms with Crippen molar-refractivity contribution in [1.82, 2.24) is 5.32 Å². The number of carbonyl (C=O) groups excluding carboxylic acids is 2. The minimum Gasteiger partial charge on any atom is -0.488 e. The van der Waals surface area contributed by atoms with Crippen molar-refractivity contribution in [2.75, 3.05) is 25.6 Å². The van der Waals surface area contributed by atoms with Crippen molar-refractivity contribution in [3.8, 4) is 5.75 Å². The van der Waals surface area contributed by atoms with E-state index in [0.717, 1.165) is 16.9 Å². The molecule has 2 amide bonds. The van der Waals surface area contributed by atoms with Gasteiger partial charge in [0.25, 0.3) is 5.91 Å². The van der Waals surface area contributed by atoms with Crippen LogP contribution in [0.2, 0.25) is 0 Å². The first-order valence-electron chi connectivity index (χ1n) is 8.24. The van der Waals surface area contributed by atoms with Crippen LogP contribution in [-0.2, 0) is 20.9 Å². The minimum absolute atomic E-state index is 0.00338. The Morgan fingerprint density at radius 1 is 1.15 bits per heavy atom. The summed E-state index contributed by atoms with van der Waals surface area (Å²) in [6.45, 7) is 0.596. The summed E-state index contributed by atoms with van der Waals surface area (Å²) >= 11 is 0. The summed E-state index contributed by atoms with van der Waals surface area (Å²) in [4.78, 5) is 24.0. The molecule has 0 saturated carbocycles. The predicted molar refractivity (Wildman–Crippen MR) is 98.7 cm³/mol. The molecule has 0 unspecified atom stereocenters. The molecule has 1 heterocycles. The lowest BCUT2D eigenvalue weighted by Gasteiger charge is -2.17. The van der Waals surface area contributed by atoms with Gasteiger partial charge in [0.1, 0.15) is 19.0 Å². The maximum absolute atomic E-state index is 12.4. The zero-order valence-electron chi connectivity index (χ0n) is 14.5. The van der Waals surface area contributed by atoms with E-state index in [1.165, 1.54) is 7.11 Å². The van der Waals surface area contributed by atoms with E-state index < -0.39 is 0 Å². The van der Waals surface area contributed by atoms with Crippen LogP contribution in [0.5, 0.6) is 5.75 Å². The van der Waals surface area contributed by atoms with E-state index >= 15 is 0 Å². The highest BCUT2D eigenvalue weighted by Gasteiger charge is 2.16. The maximum atomic E-state index is 12.4. The number of methoxy groups -OCH3 is 1. The van der Waals surface area contributed by atoms with Gasteiger partial charge in [-0.05, 0) is 29.8 Å². The monoisotopic (exact) mass is 352 g/mol. The molecule has 0 aromatic heterocycles. The fraction of sp³-hybridized carbons (Fsp3) is 0.200. The standard InChI is InChI=1S/C20H20N2O4/c1-25-13-19(23)22-17-7-4-5-14(9-17)11-21-20(24)16-10-15-6-2-3-8-18(15)26-12-16/h2-10H,11-13H2,1H3,(H,21,24)(H,22,23). The number of carbonyl (C=O) groups is 2. The SMILES string of the molecule is COCC(=O)Nc1cccc(CNC(=O)C2=Cc3ccccc3OC2)c1. The summed E-state index contributed by atoms with van der Waals surface area (Å²) in [5, 5.41) is 5.62. The first kappa shape index (κ1) is 17.7.